The van der Waals surface area contributed by atoms with Gasteiger partial charge in [-0.3, -0.25) is 4.79 Å². The molecule has 9 heteroatoms. The van der Waals surface area contributed by atoms with Gasteiger partial charge in [-0.15, -0.1) is 0 Å². The standard InChI is InChI=1S/C12H12N6OS2/c1-2-8-17-18-9(19)5-7(16-12(18)21-8)6-20-11-10(13)14-3-4-15-11/h3-5H,2,6H2,1H3,(H2,13,14). The number of nitrogens with two attached hydrogens (primary N) is 1. The summed E-state index contributed by atoms with van der Waals surface area (Å²) in [5.74, 6) is 0.889. The molecule has 3 aromatic rings. The van der Waals surface area contributed by atoms with Gasteiger partial charge in [0.25, 0.3) is 5.56 Å². The van der Waals surface area contributed by atoms with Crippen molar-refractivity contribution in [2.24, 2.45) is 0 Å². The summed E-state index contributed by atoms with van der Waals surface area (Å²) in [5.41, 5.74) is 6.25. The molecule has 0 aliphatic rings. The summed E-state index contributed by atoms with van der Waals surface area (Å²) in [5, 5.41) is 5.74. The predicted molar refractivity (Wildman–Crippen MR) is 82.5 cm³/mol. The third-order valence-electron chi connectivity index (χ3n) is 2.69. The van der Waals surface area contributed by atoms with Crippen LogP contribution in [0, 0.1) is 0 Å². The smallest absolute Gasteiger partial charge is 0.275 e. The van der Waals surface area contributed by atoms with Crippen LogP contribution in [0.1, 0.15) is 17.6 Å². The number of hydrogen-bond donors (Lipinski definition) is 1. The van der Waals surface area contributed by atoms with Gasteiger partial charge < -0.3 is 5.73 Å². The molecule has 7 nitrogen and oxygen atoms in total. The first-order valence-electron chi connectivity index (χ1n) is 6.25. The molecule has 0 atom stereocenters. The molecule has 0 unspecified atom stereocenters. The molecule has 2 N–H and O–H groups in total. The number of anilines is 1. The van der Waals surface area contributed by atoms with Gasteiger partial charge in [0, 0.05) is 24.2 Å². The van der Waals surface area contributed by atoms with E-state index in [-0.39, 0.29) is 5.56 Å². The molecule has 21 heavy (non-hydrogen) atoms. The number of aromatic nitrogens is 5. The number of nitrogen functional groups attached to an aromatic ring is 1. The second-order valence-electron chi connectivity index (χ2n) is 4.16. The lowest BCUT2D eigenvalue weighted by atomic mass is 10.4. The van der Waals surface area contributed by atoms with Crippen LogP contribution in [-0.2, 0) is 12.2 Å². The van der Waals surface area contributed by atoms with Gasteiger partial charge in [-0.25, -0.2) is 15.0 Å². The van der Waals surface area contributed by atoms with E-state index < -0.39 is 0 Å². The summed E-state index contributed by atoms with van der Waals surface area (Å²) < 4.78 is 1.34. The lowest BCUT2D eigenvalue weighted by Crippen LogP contribution is -2.15. The zero-order valence-electron chi connectivity index (χ0n) is 11.2. The van der Waals surface area contributed by atoms with Crippen molar-refractivity contribution in [3.05, 3.63) is 39.5 Å². The largest absolute Gasteiger partial charge is 0.381 e. The molecular formula is C12H12N6OS2. The molecule has 0 amide bonds. The summed E-state index contributed by atoms with van der Waals surface area (Å²) in [6.45, 7) is 2.00. The Bertz CT molecular complexity index is 843. The van der Waals surface area contributed by atoms with Gasteiger partial charge >= 0.3 is 0 Å². The van der Waals surface area contributed by atoms with Crippen LogP contribution in [0.3, 0.4) is 0 Å². The molecule has 0 bridgehead atoms. The van der Waals surface area contributed by atoms with Crippen molar-refractivity contribution in [2.45, 2.75) is 24.1 Å². The average molecular weight is 320 g/mol. The van der Waals surface area contributed by atoms with Crippen LogP contribution in [0.15, 0.2) is 28.3 Å². The molecule has 0 aromatic carbocycles. The molecule has 3 heterocycles. The summed E-state index contributed by atoms with van der Waals surface area (Å²) >= 11 is 2.83. The van der Waals surface area contributed by atoms with Crippen LogP contribution in [-0.4, -0.2) is 24.6 Å². The maximum atomic E-state index is 12.0. The van der Waals surface area contributed by atoms with Gasteiger partial charge in [-0.2, -0.15) is 9.61 Å². The molecule has 3 aromatic heterocycles. The highest BCUT2D eigenvalue weighted by Crippen LogP contribution is 2.23. The molecule has 0 saturated carbocycles. The Balaban J connectivity index is 1.87. The average Bonchev–Trinajstić information content (AvgIpc) is 2.90. The number of aryl methyl sites for hydroxylation is 1. The first-order valence-corrected chi connectivity index (χ1v) is 8.05. The van der Waals surface area contributed by atoms with E-state index in [0.29, 0.717) is 27.3 Å². The topological polar surface area (TPSA) is 99.1 Å². The molecule has 0 saturated heterocycles. The van der Waals surface area contributed by atoms with Crippen molar-refractivity contribution in [3.63, 3.8) is 0 Å². The highest BCUT2D eigenvalue weighted by atomic mass is 32.2. The van der Waals surface area contributed by atoms with E-state index in [4.69, 9.17) is 5.73 Å². The Morgan fingerprint density at radius 1 is 1.38 bits per heavy atom. The highest BCUT2D eigenvalue weighted by molar-refractivity contribution is 7.98. The van der Waals surface area contributed by atoms with Crippen molar-refractivity contribution in [3.8, 4) is 0 Å². The van der Waals surface area contributed by atoms with Crippen molar-refractivity contribution in [1.29, 1.82) is 0 Å². The summed E-state index contributed by atoms with van der Waals surface area (Å²) in [6.07, 6.45) is 3.91. The minimum Gasteiger partial charge on any atom is -0.381 e. The number of rotatable bonds is 4. The number of fused-ring (bicyclic) bond motifs is 1. The van der Waals surface area contributed by atoms with Crippen molar-refractivity contribution in [1.82, 2.24) is 24.6 Å². The maximum absolute atomic E-state index is 12.0. The Hall–Kier alpha value is -2.00. The van der Waals surface area contributed by atoms with E-state index in [1.807, 2.05) is 6.92 Å². The van der Waals surface area contributed by atoms with Gasteiger partial charge in [-0.05, 0) is 6.42 Å². The predicted octanol–water partition coefficient (Wildman–Crippen LogP) is 1.38. The zero-order valence-corrected chi connectivity index (χ0v) is 12.8. The second kappa shape index (κ2) is 5.78. The summed E-state index contributed by atoms with van der Waals surface area (Å²) in [4.78, 5) is 25.2. The Morgan fingerprint density at radius 3 is 2.95 bits per heavy atom. The van der Waals surface area contributed by atoms with Gasteiger partial charge in [0.15, 0.2) is 5.82 Å². The molecule has 0 radical (unpaired) electrons. The number of thioether (sulfide) groups is 1. The van der Waals surface area contributed by atoms with E-state index in [9.17, 15) is 4.79 Å². The van der Waals surface area contributed by atoms with E-state index in [0.717, 1.165) is 11.4 Å². The summed E-state index contributed by atoms with van der Waals surface area (Å²) in [6, 6.07) is 1.49. The van der Waals surface area contributed by atoms with E-state index in [1.54, 1.807) is 12.4 Å². The van der Waals surface area contributed by atoms with Crippen LogP contribution < -0.4 is 11.3 Å². The molecule has 0 fully saturated rings. The molecule has 108 valence electrons. The Kier molecular flexibility index (Phi) is 3.84. The first-order chi connectivity index (χ1) is 10.2. The van der Waals surface area contributed by atoms with Crippen molar-refractivity contribution < 1.29 is 0 Å². The highest BCUT2D eigenvalue weighted by Gasteiger charge is 2.09. The van der Waals surface area contributed by atoms with Crippen molar-refractivity contribution >= 4 is 33.9 Å². The molecule has 0 spiro atoms. The minimum absolute atomic E-state index is 0.168. The maximum Gasteiger partial charge on any atom is 0.275 e. The van der Waals surface area contributed by atoms with Crippen LogP contribution in [0.25, 0.3) is 4.96 Å². The van der Waals surface area contributed by atoms with Crippen LogP contribution >= 0.6 is 23.1 Å². The monoisotopic (exact) mass is 320 g/mol. The quantitative estimate of drug-likeness (QED) is 0.725. The van der Waals surface area contributed by atoms with Crippen molar-refractivity contribution in [2.75, 3.05) is 5.73 Å². The zero-order chi connectivity index (χ0) is 14.8. The Labute approximate surface area is 128 Å². The Morgan fingerprint density at radius 2 is 2.19 bits per heavy atom. The molecule has 0 aliphatic carbocycles. The normalized spacial score (nSPS) is 11.1. The lowest BCUT2D eigenvalue weighted by Gasteiger charge is -2.02. The van der Waals surface area contributed by atoms with Crippen LogP contribution in [0.2, 0.25) is 0 Å². The first kappa shape index (κ1) is 14.0. The fraction of sp³-hybridized carbons (Fsp3) is 0.250. The lowest BCUT2D eigenvalue weighted by molar-refractivity contribution is 0.852. The number of hydrogen-bond acceptors (Lipinski definition) is 8. The minimum atomic E-state index is -0.168. The van der Waals surface area contributed by atoms with Gasteiger partial charge in [0.05, 0.1) is 5.69 Å². The van der Waals surface area contributed by atoms with Crippen LogP contribution in [0.5, 0.6) is 0 Å². The fourth-order valence-corrected chi connectivity index (χ4v) is 3.33. The SMILES string of the molecule is CCc1nn2c(=O)cc(CSc3nccnc3N)nc2s1. The van der Waals surface area contributed by atoms with Gasteiger partial charge in [0.2, 0.25) is 4.96 Å². The van der Waals surface area contributed by atoms with E-state index >= 15 is 0 Å². The molecule has 3 rings (SSSR count). The van der Waals surface area contributed by atoms with Gasteiger partial charge in [-0.1, -0.05) is 30.0 Å². The molecular weight excluding hydrogens is 308 g/mol. The van der Waals surface area contributed by atoms with Gasteiger partial charge in [0.1, 0.15) is 10.0 Å². The fourth-order valence-electron chi connectivity index (χ4n) is 1.70. The van der Waals surface area contributed by atoms with Crippen LogP contribution in [0.4, 0.5) is 5.82 Å². The third-order valence-corrected chi connectivity index (χ3v) is 4.77. The van der Waals surface area contributed by atoms with E-state index in [1.165, 1.54) is 33.7 Å². The number of nitrogens with zero attached hydrogens (tertiary/aromatic N) is 5. The summed E-state index contributed by atoms with van der Waals surface area (Å²) in [7, 11) is 0. The molecule has 0 aliphatic heterocycles. The third kappa shape index (κ3) is 2.88. The second-order valence-corrected chi connectivity index (χ2v) is 6.17. The van der Waals surface area contributed by atoms with E-state index in [2.05, 4.69) is 20.1 Å².